The Balaban J connectivity index is 0.00000112. The highest BCUT2D eigenvalue weighted by Gasteiger charge is 2.27. The Kier molecular flexibility index (Phi) is 6.79. The van der Waals surface area contributed by atoms with Gasteiger partial charge in [-0.25, -0.2) is 0 Å². The zero-order chi connectivity index (χ0) is 21.8. The minimum atomic E-state index is 0.252. The van der Waals surface area contributed by atoms with E-state index in [2.05, 4.69) is 52.5 Å². The predicted molar refractivity (Wildman–Crippen MR) is 130 cm³/mol. The van der Waals surface area contributed by atoms with Gasteiger partial charge in [0.15, 0.2) is 5.78 Å². The van der Waals surface area contributed by atoms with Crippen molar-refractivity contribution in [1.82, 2.24) is 9.88 Å². The fourth-order valence-corrected chi connectivity index (χ4v) is 5.45. The van der Waals surface area contributed by atoms with Gasteiger partial charge < -0.3 is 0 Å². The van der Waals surface area contributed by atoms with Crippen molar-refractivity contribution in [1.29, 1.82) is 0 Å². The van der Waals surface area contributed by atoms with Crippen LogP contribution in [0.15, 0.2) is 59.7 Å². The molecule has 0 amide bonds. The van der Waals surface area contributed by atoms with Gasteiger partial charge in [-0.15, -0.1) is 11.3 Å². The van der Waals surface area contributed by atoms with Crippen LogP contribution >= 0.6 is 11.3 Å². The van der Waals surface area contributed by atoms with Gasteiger partial charge in [0, 0.05) is 44.0 Å². The van der Waals surface area contributed by atoms with Gasteiger partial charge >= 0.3 is 0 Å². The van der Waals surface area contributed by atoms with Crippen LogP contribution in [0.25, 0.3) is 5.57 Å². The summed E-state index contributed by atoms with van der Waals surface area (Å²) >= 11 is 1.59. The molecule has 0 N–H and O–H groups in total. The molecule has 5 rings (SSSR count). The molecule has 2 aliphatic rings. The highest BCUT2D eigenvalue weighted by atomic mass is 32.1. The first-order valence-corrected chi connectivity index (χ1v) is 12.1. The molecule has 3 aromatic rings. The van der Waals surface area contributed by atoms with Crippen molar-refractivity contribution in [2.24, 2.45) is 0 Å². The molecule has 31 heavy (non-hydrogen) atoms. The number of nitrogens with zero attached hydrogens (tertiary/aromatic N) is 2. The molecule has 160 valence electrons. The monoisotopic (exact) mass is 430 g/mol. The van der Waals surface area contributed by atoms with Crippen molar-refractivity contribution in [2.45, 2.75) is 46.6 Å². The Morgan fingerprint density at radius 3 is 2.58 bits per heavy atom. The second kappa shape index (κ2) is 9.71. The molecule has 1 aliphatic carbocycles. The summed E-state index contributed by atoms with van der Waals surface area (Å²) in [5.74, 6) is 0.252. The predicted octanol–water partition coefficient (Wildman–Crippen LogP) is 6.31. The molecule has 1 saturated heterocycles. The first kappa shape index (κ1) is 21.7. The molecular formula is C27H30N2OS. The van der Waals surface area contributed by atoms with E-state index < -0.39 is 0 Å². The summed E-state index contributed by atoms with van der Waals surface area (Å²) in [5, 5.41) is 2.07. The summed E-state index contributed by atoms with van der Waals surface area (Å²) in [6.45, 7) is 9.14. The zero-order valence-corrected chi connectivity index (χ0v) is 19.5. The van der Waals surface area contributed by atoms with Crippen LogP contribution in [0.5, 0.6) is 0 Å². The number of thiophene rings is 1. The third-order valence-corrected chi connectivity index (χ3v) is 6.93. The van der Waals surface area contributed by atoms with Crippen molar-refractivity contribution in [2.75, 3.05) is 13.1 Å². The third-order valence-electron chi connectivity index (χ3n) is 5.98. The third kappa shape index (κ3) is 4.56. The number of carbonyl (C=O) groups is 1. The lowest BCUT2D eigenvalue weighted by atomic mass is 9.87. The first-order chi connectivity index (χ1) is 15.2. The normalized spacial score (nSPS) is 16.2. The lowest BCUT2D eigenvalue weighted by molar-refractivity contribution is 0.0997. The van der Waals surface area contributed by atoms with Crippen LogP contribution < -0.4 is 0 Å². The Morgan fingerprint density at radius 2 is 1.81 bits per heavy atom. The van der Waals surface area contributed by atoms with Crippen LogP contribution in [0, 0.1) is 6.92 Å². The van der Waals surface area contributed by atoms with Gasteiger partial charge in [0.05, 0.1) is 4.88 Å². The van der Waals surface area contributed by atoms with Crippen molar-refractivity contribution >= 4 is 22.7 Å². The quantitative estimate of drug-likeness (QED) is 0.477. The number of pyridine rings is 1. The molecule has 0 bridgehead atoms. The second-order valence-corrected chi connectivity index (χ2v) is 8.96. The van der Waals surface area contributed by atoms with E-state index in [1.165, 1.54) is 27.8 Å². The summed E-state index contributed by atoms with van der Waals surface area (Å²) in [4.78, 5) is 20.6. The summed E-state index contributed by atoms with van der Waals surface area (Å²) < 4.78 is 0. The van der Waals surface area contributed by atoms with Gasteiger partial charge in [0.1, 0.15) is 0 Å². The number of carbonyl (C=O) groups excluding carboxylic acids is 1. The molecule has 4 heteroatoms. The largest absolute Gasteiger partial charge is 0.298 e. The molecule has 1 aliphatic heterocycles. The topological polar surface area (TPSA) is 33.2 Å². The summed E-state index contributed by atoms with van der Waals surface area (Å²) in [6.07, 6.45) is 6.49. The van der Waals surface area contributed by atoms with Crippen LogP contribution in [0.2, 0.25) is 0 Å². The average Bonchev–Trinajstić information content (AvgIpc) is 3.23. The van der Waals surface area contributed by atoms with Crippen LogP contribution in [0.4, 0.5) is 0 Å². The molecule has 0 spiro atoms. The Morgan fingerprint density at radius 1 is 1.03 bits per heavy atom. The van der Waals surface area contributed by atoms with Crippen molar-refractivity contribution < 1.29 is 4.79 Å². The maximum atomic E-state index is 12.8. The number of hydrogen-bond donors (Lipinski definition) is 0. The van der Waals surface area contributed by atoms with E-state index in [1.807, 2.05) is 32.3 Å². The number of piperidine rings is 1. The lowest BCUT2D eigenvalue weighted by Gasteiger charge is -2.30. The summed E-state index contributed by atoms with van der Waals surface area (Å²) in [6, 6.07) is 12.8. The van der Waals surface area contributed by atoms with Crippen LogP contribution in [-0.2, 0) is 13.0 Å². The van der Waals surface area contributed by atoms with E-state index in [9.17, 15) is 4.79 Å². The number of benzene rings is 1. The SMILES string of the molecule is CC.Cc1cncc(CN2CCC(=C3c4ccccc4CC(=O)c4sccc43)CC2)c1. The summed E-state index contributed by atoms with van der Waals surface area (Å²) in [5.41, 5.74) is 8.88. The van der Waals surface area contributed by atoms with Gasteiger partial charge in [-0.1, -0.05) is 49.8 Å². The molecule has 0 atom stereocenters. The number of ketones is 1. The molecular weight excluding hydrogens is 400 g/mol. The van der Waals surface area contributed by atoms with E-state index in [-0.39, 0.29) is 5.78 Å². The Bertz CT molecular complexity index is 1100. The highest BCUT2D eigenvalue weighted by molar-refractivity contribution is 7.12. The average molecular weight is 431 g/mol. The number of aryl methyl sites for hydroxylation is 1. The number of fused-ring (bicyclic) bond motifs is 2. The number of Topliss-reactive ketones (excluding diaryl/α,β-unsaturated/α-hetero) is 1. The highest BCUT2D eigenvalue weighted by Crippen LogP contribution is 2.40. The van der Waals surface area contributed by atoms with Crippen LogP contribution in [-0.4, -0.2) is 28.8 Å². The second-order valence-electron chi connectivity index (χ2n) is 8.05. The van der Waals surface area contributed by atoms with Crippen molar-refractivity contribution in [3.8, 4) is 0 Å². The fraction of sp³-hybridized carbons (Fsp3) is 0.333. The van der Waals surface area contributed by atoms with Gasteiger partial charge in [0.25, 0.3) is 0 Å². The first-order valence-electron chi connectivity index (χ1n) is 11.2. The Hall–Kier alpha value is -2.56. The standard InChI is InChI=1S/C25H24N2OS.C2H6/c1-17-12-18(15-26-14-17)16-27-9-6-19(7-10-27)24-21-5-3-2-4-20(21)13-23(28)25-22(24)8-11-29-25;1-2/h2-5,8,11-12,14-15H,6-7,9-10,13,16H2,1H3;1-2H3. The molecule has 1 aromatic carbocycles. The van der Waals surface area contributed by atoms with E-state index in [0.717, 1.165) is 48.5 Å². The smallest absolute Gasteiger partial charge is 0.177 e. The molecule has 1 fully saturated rings. The lowest BCUT2D eigenvalue weighted by Crippen LogP contribution is -2.30. The molecule has 2 aromatic heterocycles. The van der Waals surface area contributed by atoms with Gasteiger partial charge in [-0.05, 0) is 59.0 Å². The van der Waals surface area contributed by atoms with Gasteiger partial charge in [-0.2, -0.15) is 0 Å². The Labute approximate surface area is 189 Å². The number of hydrogen-bond acceptors (Lipinski definition) is 4. The van der Waals surface area contributed by atoms with E-state index in [4.69, 9.17) is 0 Å². The van der Waals surface area contributed by atoms with E-state index in [1.54, 1.807) is 11.3 Å². The summed E-state index contributed by atoms with van der Waals surface area (Å²) in [7, 11) is 0. The minimum Gasteiger partial charge on any atom is -0.298 e. The van der Waals surface area contributed by atoms with Crippen LogP contribution in [0.3, 0.4) is 0 Å². The maximum absolute atomic E-state index is 12.8. The van der Waals surface area contributed by atoms with Gasteiger partial charge in [-0.3, -0.25) is 14.7 Å². The molecule has 3 heterocycles. The number of likely N-dealkylation sites (tertiary alicyclic amines) is 1. The van der Waals surface area contributed by atoms with Crippen LogP contribution in [0.1, 0.15) is 64.2 Å². The molecule has 0 saturated carbocycles. The molecule has 3 nitrogen and oxygen atoms in total. The zero-order valence-electron chi connectivity index (χ0n) is 18.6. The minimum absolute atomic E-state index is 0.252. The number of rotatable bonds is 2. The maximum Gasteiger partial charge on any atom is 0.177 e. The number of aromatic nitrogens is 1. The van der Waals surface area contributed by atoms with Crippen molar-refractivity contribution in [3.63, 3.8) is 0 Å². The molecule has 0 radical (unpaired) electrons. The van der Waals surface area contributed by atoms with Crippen molar-refractivity contribution in [3.05, 3.63) is 92.4 Å². The van der Waals surface area contributed by atoms with Gasteiger partial charge in [0.2, 0.25) is 0 Å². The fourth-order valence-electron chi connectivity index (χ4n) is 4.61. The van der Waals surface area contributed by atoms with E-state index in [0.29, 0.717) is 6.42 Å². The van der Waals surface area contributed by atoms with E-state index >= 15 is 0 Å². The molecule has 0 unspecified atom stereocenters.